The van der Waals surface area contributed by atoms with E-state index in [1.54, 1.807) is 12.1 Å². The van der Waals surface area contributed by atoms with E-state index in [0.717, 1.165) is 11.3 Å². The molecule has 1 unspecified atom stereocenters. The Bertz CT molecular complexity index is 1350. The molecular formula is C24H22ClN3O6. The lowest BCUT2D eigenvalue weighted by Gasteiger charge is -2.36. The Balaban J connectivity index is 1.52. The maximum atomic E-state index is 13.0. The first kappa shape index (κ1) is 22.3. The monoisotopic (exact) mass is 483 g/mol. The lowest BCUT2D eigenvalue weighted by Crippen LogP contribution is -2.47. The van der Waals surface area contributed by atoms with Crippen molar-refractivity contribution < 1.29 is 29.0 Å². The Morgan fingerprint density at radius 2 is 2.09 bits per heavy atom. The van der Waals surface area contributed by atoms with E-state index in [-0.39, 0.29) is 35.7 Å². The van der Waals surface area contributed by atoms with Crippen LogP contribution in [0.1, 0.15) is 16.1 Å². The van der Waals surface area contributed by atoms with Gasteiger partial charge in [0.2, 0.25) is 17.4 Å². The number of aromatic amines is 1. The van der Waals surface area contributed by atoms with Crippen LogP contribution >= 0.6 is 11.6 Å². The Labute approximate surface area is 199 Å². The van der Waals surface area contributed by atoms with Gasteiger partial charge < -0.3 is 34.1 Å². The summed E-state index contributed by atoms with van der Waals surface area (Å²) in [5.41, 5.74) is 3.08. The third kappa shape index (κ3) is 3.87. The number of morpholine rings is 1. The summed E-state index contributed by atoms with van der Waals surface area (Å²) >= 11 is 6.56. The molecule has 3 heterocycles. The minimum Gasteiger partial charge on any atom is -0.494 e. The number of hydrogen-bond donors (Lipinski definition) is 3. The van der Waals surface area contributed by atoms with Crippen LogP contribution < -0.4 is 9.64 Å². The highest BCUT2D eigenvalue weighted by Gasteiger charge is 2.25. The minimum absolute atomic E-state index is 0.00903. The summed E-state index contributed by atoms with van der Waals surface area (Å²) in [5, 5.41) is 24.7. The fourth-order valence-electron chi connectivity index (χ4n) is 4.22. The summed E-state index contributed by atoms with van der Waals surface area (Å²) in [4.78, 5) is 18.0. The first-order valence-corrected chi connectivity index (χ1v) is 11.0. The number of carbonyl (C=O) groups is 1. The number of aromatic nitrogens is 2. The van der Waals surface area contributed by atoms with Gasteiger partial charge in [-0.3, -0.25) is 4.79 Å². The van der Waals surface area contributed by atoms with Crippen molar-refractivity contribution in [3.8, 4) is 22.9 Å². The van der Waals surface area contributed by atoms with Crippen LogP contribution in [0.3, 0.4) is 0 Å². The number of aromatic hydroxyl groups is 1. The molecular weight excluding hydrogens is 462 g/mol. The van der Waals surface area contributed by atoms with Crippen molar-refractivity contribution in [1.29, 1.82) is 0 Å². The van der Waals surface area contributed by atoms with Gasteiger partial charge in [0.05, 0.1) is 55.1 Å². The van der Waals surface area contributed by atoms with Gasteiger partial charge in [-0.25, -0.2) is 0 Å². The summed E-state index contributed by atoms with van der Waals surface area (Å²) < 4.78 is 15.5. The van der Waals surface area contributed by atoms with Gasteiger partial charge in [0, 0.05) is 23.2 Å². The number of halogens is 1. The fourth-order valence-corrected chi connectivity index (χ4v) is 4.49. The molecule has 1 aliphatic heterocycles. The Kier molecular flexibility index (Phi) is 5.91. The maximum absolute atomic E-state index is 13.0. The average Bonchev–Trinajstić information content (AvgIpc) is 3.47. The van der Waals surface area contributed by atoms with E-state index in [2.05, 4.69) is 15.0 Å². The quantitative estimate of drug-likeness (QED) is 0.355. The summed E-state index contributed by atoms with van der Waals surface area (Å²) in [6.45, 7) is 1.78. The van der Waals surface area contributed by atoms with Crippen LogP contribution in [0.2, 0.25) is 5.02 Å². The number of aliphatic hydroxyl groups is 1. The molecule has 0 aliphatic carbocycles. The molecule has 1 saturated heterocycles. The van der Waals surface area contributed by atoms with Crippen molar-refractivity contribution in [2.24, 2.45) is 0 Å². The zero-order valence-corrected chi connectivity index (χ0v) is 19.0. The van der Waals surface area contributed by atoms with Crippen LogP contribution in [-0.2, 0) is 4.74 Å². The maximum Gasteiger partial charge on any atom is 0.254 e. The van der Waals surface area contributed by atoms with Crippen molar-refractivity contribution in [2.45, 2.75) is 6.04 Å². The van der Waals surface area contributed by atoms with Gasteiger partial charge in [-0.05, 0) is 35.0 Å². The van der Waals surface area contributed by atoms with Crippen molar-refractivity contribution >= 4 is 34.0 Å². The lowest BCUT2D eigenvalue weighted by atomic mass is 10.00. The first-order chi connectivity index (χ1) is 16.5. The van der Waals surface area contributed by atoms with E-state index in [1.165, 1.54) is 13.2 Å². The number of H-pyrrole nitrogens is 1. The highest BCUT2D eigenvalue weighted by atomic mass is 35.5. The molecule has 9 nitrogen and oxygen atoms in total. The van der Waals surface area contributed by atoms with Crippen molar-refractivity contribution in [3.05, 3.63) is 58.8 Å². The smallest absolute Gasteiger partial charge is 0.254 e. The van der Waals surface area contributed by atoms with Gasteiger partial charge in [0.1, 0.15) is 0 Å². The van der Waals surface area contributed by atoms with E-state index >= 15 is 0 Å². The highest BCUT2D eigenvalue weighted by Crippen LogP contribution is 2.38. The van der Waals surface area contributed by atoms with Gasteiger partial charge in [-0.1, -0.05) is 23.7 Å². The number of nitrogens with zero attached hydrogens (tertiary/aromatic N) is 2. The van der Waals surface area contributed by atoms with Gasteiger partial charge >= 0.3 is 0 Å². The second-order valence-corrected chi connectivity index (χ2v) is 8.35. The molecule has 176 valence electrons. The zero-order valence-electron chi connectivity index (χ0n) is 18.2. The third-order valence-electron chi connectivity index (χ3n) is 5.96. The highest BCUT2D eigenvalue weighted by molar-refractivity contribution is 6.34. The normalized spacial score (nSPS) is 16.2. The van der Waals surface area contributed by atoms with Gasteiger partial charge in [-0.15, -0.1) is 0 Å². The Morgan fingerprint density at radius 1 is 1.29 bits per heavy atom. The lowest BCUT2D eigenvalue weighted by molar-refractivity contribution is 0.0727. The number of rotatable bonds is 6. The van der Waals surface area contributed by atoms with E-state index in [0.29, 0.717) is 41.2 Å². The molecule has 1 atom stereocenters. The number of carbonyl (C=O) groups excluding carboxylic acids is 1. The molecule has 4 aromatic rings. The first-order valence-electron chi connectivity index (χ1n) is 10.7. The third-order valence-corrected chi connectivity index (χ3v) is 6.28. The number of benzene rings is 2. The van der Waals surface area contributed by atoms with Gasteiger partial charge in [0.15, 0.2) is 0 Å². The summed E-state index contributed by atoms with van der Waals surface area (Å²) in [6.07, 6.45) is 0. The van der Waals surface area contributed by atoms with Crippen molar-refractivity contribution in [2.75, 3.05) is 38.4 Å². The average molecular weight is 484 g/mol. The van der Waals surface area contributed by atoms with Crippen LogP contribution in [0, 0.1) is 0 Å². The predicted molar refractivity (Wildman–Crippen MR) is 126 cm³/mol. The summed E-state index contributed by atoms with van der Waals surface area (Å²) in [5.74, 6) is -0.722. The Hall–Kier alpha value is -3.53. The molecule has 5 rings (SSSR count). The SMILES string of the molecule is COc1cc(C(=O)c2c(O)[nH]c3cc(Cl)c(-c4ccc(N5CCOCC5CO)cc4)cc23)on1. The zero-order chi connectivity index (χ0) is 23.8. The fraction of sp³-hybridized carbons (Fsp3) is 0.250. The van der Waals surface area contributed by atoms with Crippen LogP contribution in [-0.4, -0.2) is 65.7 Å². The second kappa shape index (κ2) is 9.02. The summed E-state index contributed by atoms with van der Waals surface area (Å²) in [6, 6.07) is 12.5. The number of hydrogen-bond acceptors (Lipinski definition) is 8. The topological polar surface area (TPSA) is 121 Å². The molecule has 0 radical (unpaired) electrons. The molecule has 0 amide bonds. The predicted octanol–water partition coefficient (Wildman–Crippen LogP) is 3.62. The summed E-state index contributed by atoms with van der Waals surface area (Å²) in [7, 11) is 1.41. The van der Waals surface area contributed by atoms with E-state index in [4.69, 9.17) is 25.6 Å². The number of fused-ring (bicyclic) bond motifs is 1. The molecule has 0 spiro atoms. The molecule has 1 fully saturated rings. The number of aliphatic hydroxyl groups excluding tert-OH is 1. The number of anilines is 1. The standard InChI is InChI=1S/C24H22ClN3O6/c1-32-21-10-20(34-27-21)23(30)22-17-8-16(18(25)9-19(17)26-24(22)31)13-2-4-14(5-3-13)28-6-7-33-12-15(28)11-29/h2-5,8-10,15,26,29,31H,6-7,11-12H2,1H3. The molecule has 3 N–H and O–H groups in total. The molecule has 34 heavy (non-hydrogen) atoms. The number of nitrogens with one attached hydrogen (secondary N) is 1. The van der Waals surface area contributed by atoms with Gasteiger partial charge in [-0.2, -0.15) is 0 Å². The molecule has 0 bridgehead atoms. The number of methoxy groups -OCH3 is 1. The molecule has 2 aromatic carbocycles. The number of ketones is 1. The number of ether oxygens (including phenoxy) is 2. The van der Waals surface area contributed by atoms with Crippen LogP contribution in [0.5, 0.6) is 11.8 Å². The van der Waals surface area contributed by atoms with Crippen molar-refractivity contribution in [3.63, 3.8) is 0 Å². The largest absolute Gasteiger partial charge is 0.494 e. The molecule has 10 heteroatoms. The van der Waals surface area contributed by atoms with Crippen LogP contribution in [0.25, 0.3) is 22.0 Å². The van der Waals surface area contributed by atoms with Crippen molar-refractivity contribution in [1.82, 2.24) is 10.1 Å². The Morgan fingerprint density at radius 3 is 2.79 bits per heavy atom. The van der Waals surface area contributed by atoms with E-state index in [9.17, 15) is 15.0 Å². The molecule has 0 saturated carbocycles. The minimum atomic E-state index is -0.537. The molecule has 2 aromatic heterocycles. The van der Waals surface area contributed by atoms with Crippen LogP contribution in [0.4, 0.5) is 5.69 Å². The van der Waals surface area contributed by atoms with E-state index < -0.39 is 5.78 Å². The van der Waals surface area contributed by atoms with Gasteiger partial charge in [0.25, 0.3) is 5.88 Å². The molecule has 1 aliphatic rings. The van der Waals surface area contributed by atoms with E-state index in [1.807, 2.05) is 24.3 Å². The second-order valence-electron chi connectivity index (χ2n) is 7.94. The van der Waals surface area contributed by atoms with Crippen LogP contribution in [0.15, 0.2) is 47.0 Å².